The number of alkyl halides is 1. The van der Waals surface area contributed by atoms with Gasteiger partial charge in [0.25, 0.3) is 0 Å². The van der Waals surface area contributed by atoms with Crippen LogP contribution in [-0.2, 0) is 20.0 Å². The quantitative estimate of drug-likeness (QED) is 0.216. The third kappa shape index (κ3) is 5.03. The molecule has 2 aromatic rings. The second kappa shape index (κ2) is 9.30. The topological polar surface area (TPSA) is 236 Å². The molecule has 0 radical (unpaired) electrons. The number of aromatic amines is 1. The van der Waals surface area contributed by atoms with Gasteiger partial charge in [-0.15, -0.1) is 10.2 Å². The number of H-pyrrole nitrogens is 1. The van der Waals surface area contributed by atoms with Crippen molar-refractivity contribution in [1.82, 2.24) is 25.3 Å². The summed E-state index contributed by atoms with van der Waals surface area (Å²) in [5.41, 5.74) is 10.9. The molecular formula is C15H24FN9O5S2. The number of nitrogens with two attached hydrogens (primary N) is 3. The van der Waals surface area contributed by atoms with E-state index in [0.29, 0.717) is 0 Å². The first-order valence-corrected chi connectivity index (χ1v) is 12.4. The second-order valence-corrected chi connectivity index (χ2v) is 10.5. The number of halogens is 1. The summed E-state index contributed by atoms with van der Waals surface area (Å²) in [7, 11) is -9.16. The van der Waals surface area contributed by atoms with Crippen molar-refractivity contribution in [3.8, 4) is 11.4 Å². The smallest absolute Gasteiger partial charge is 0.242 e. The molecule has 17 heteroatoms. The number of tetrazole rings is 1. The number of sulfonamides is 2. The summed E-state index contributed by atoms with van der Waals surface area (Å²) in [5, 5.41) is 28.1. The molecule has 1 saturated heterocycles. The van der Waals surface area contributed by atoms with E-state index < -0.39 is 54.7 Å². The summed E-state index contributed by atoms with van der Waals surface area (Å²) in [6.07, 6.45) is -2.32. The Morgan fingerprint density at radius 1 is 1.34 bits per heavy atom. The number of rotatable bonds is 8. The number of hydrogen-bond donors (Lipinski definition) is 6. The largest absolute Gasteiger partial charge is 0.390 e. The SMILES string of the molecule is NC[C@@H](O)CNS(=O)(=O)c1ccc(N2CC[C@@H](N)[C@H](F)C2)c(-c2nn[nH]n2)c1S(N)(=O)=O. The lowest BCUT2D eigenvalue weighted by Crippen LogP contribution is -2.48. The van der Waals surface area contributed by atoms with Gasteiger partial charge in [-0.3, -0.25) is 0 Å². The number of anilines is 1. The van der Waals surface area contributed by atoms with Crippen molar-refractivity contribution in [2.45, 2.75) is 34.5 Å². The lowest BCUT2D eigenvalue weighted by Gasteiger charge is -2.35. The van der Waals surface area contributed by atoms with Crippen LogP contribution >= 0.6 is 0 Å². The van der Waals surface area contributed by atoms with E-state index in [0.717, 1.165) is 6.07 Å². The maximum absolute atomic E-state index is 14.3. The number of aliphatic hydroxyl groups excluding tert-OH is 1. The third-order valence-corrected chi connectivity index (χ3v) is 7.54. The minimum Gasteiger partial charge on any atom is -0.390 e. The second-order valence-electron chi connectivity index (χ2n) is 7.22. The summed E-state index contributed by atoms with van der Waals surface area (Å²) in [5.74, 6) is -0.256. The molecule has 0 amide bonds. The van der Waals surface area contributed by atoms with Gasteiger partial charge in [0.05, 0.1) is 18.2 Å². The number of aromatic nitrogens is 4. The molecule has 2 heterocycles. The third-order valence-electron chi connectivity index (χ3n) is 4.96. The predicted molar refractivity (Wildman–Crippen MR) is 111 cm³/mol. The van der Waals surface area contributed by atoms with E-state index in [9.17, 15) is 26.3 Å². The Balaban J connectivity index is 2.23. The van der Waals surface area contributed by atoms with Gasteiger partial charge in [-0.2, -0.15) is 5.21 Å². The molecule has 32 heavy (non-hydrogen) atoms. The zero-order chi connectivity index (χ0) is 23.7. The first kappa shape index (κ1) is 24.4. The number of piperidine rings is 1. The van der Waals surface area contributed by atoms with Crippen LogP contribution in [0.15, 0.2) is 21.9 Å². The molecule has 1 aromatic heterocycles. The number of aliphatic hydroxyl groups is 1. The number of hydrogen-bond acceptors (Lipinski definition) is 11. The highest BCUT2D eigenvalue weighted by molar-refractivity contribution is 7.92. The molecule has 3 atom stereocenters. The molecular weight excluding hydrogens is 469 g/mol. The fraction of sp³-hybridized carbons (Fsp3) is 0.533. The summed E-state index contributed by atoms with van der Waals surface area (Å²) >= 11 is 0. The van der Waals surface area contributed by atoms with Gasteiger partial charge in [-0.25, -0.2) is 31.1 Å². The molecule has 9 N–H and O–H groups in total. The zero-order valence-corrected chi connectivity index (χ0v) is 18.4. The Bertz CT molecular complexity index is 1160. The van der Waals surface area contributed by atoms with Crippen molar-refractivity contribution in [2.24, 2.45) is 16.6 Å². The van der Waals surface area contributed by atoms with E-state index in [-0.39, 0.29) is 43.1 Å². The molecule has 0 aliphatic carbocycles. The number of primary sulfonamides is 1. The highest BCUT2D eigenvalue weighted by atomic mass is 32.2. The van der Waals surface area contributed by atoms with Crippen LogP contribution in [0.3, 0.4) is 0 Å². The minimum atomic E-state index is -4.68. The van der Waals surface area contributed by atoms with Crippen LogP contribution in [-0.4, -0.2) is 87.1 Å². The van der Waals surface area contributed by atoms with Crippen molar-refractivity contribution < 1.29 is 26.3 Å². The van der Waals surface area contributed by atoms with Crippen LogP contribution < -0.4 is 26.2 Å². The van der Waals surface area contributed by atoms with Crippen molar-refractivity contribution in [2.75, 3.05) is 31.1 Å². The van der Waals surface area contributed by atoms with Crippen LogP contribution in [0.4, 0.5) is 10.1 Å². The van der Waals surface area contributed by atoms with Crippen molar-refractivity contribution >= 4 is 25.7 Å². The Morgan fingerprint density at radius 2 is 2.06 bits per heavy atom. The molecule has 1 fully saturated rings. The molecule has 3 rings (SSSR count). The lowest BCUT2D eigenvalue weighted by atomic mass is 10.0. The summed E-state index contributed by atoms with van der Waals surface area (Å²) < 4.78 is 67.3. The Hall–Kier alpha value is -2.28. The maximum Gasteiger partial charge on any atom is 0.242 e. The van der Waals surface area contributed by atoms with Crippen LogP contribution in [0.1, 0.15) is 6.42 Å². The van der Waals surface area contributed by atoms with Gasteiger partial charge >= 0.3 is 0 Å². The van der Waals surface area contributed by atoms with Gasteiger partial charge in [-0.05, 0) is 23.8 Å². The van der Waals surface area contributed by atoms with Gasteiger partial charge in [0, 0.05) is 31.4 Å². The lowest BCUT2D eigenvalue weighted by molar-refractivity contribution is 0.186. The zero-order valence-electron chi connectivity index (χ0n) is 16.7. The van der Waals surface area contributed by atoms with E-state index in [2.05, 4.69) is 25.3 Å². The van der Waals surface area contributed by atoms with Gasteiger partial charge < -0.3 is 21.5 Å². The monoisotopic (exact) mass is 493 g/mol. The summed E-state index contributed by atoms with van der Waals surface area (Å²) in [6, 6.07) is 1.64. The average Bonchev–Trinajstić information content (AvgIpc) is 3.27. The number of nitrogens with zero attached hydrogens (tertiary/aromatic N) is 4. The van der Waals surface area contributed by atoms with E-state index >= 15 is 0 Å². The van der Waals surface area contributed by atoms with Crippen molar-refractivity contribution in [1.29, 1.82) is 0 Å². The van der Waals surface area contributed by atoms with Crippen molar-refractivity contribution in [3.63, 3.8) is 0 Å². The maximum atomic E-state index is 14.3. The predicted octanol–water partition coefficient (Wildman–Crippen LogP) is -3.01. The molecule has 178 valence electrons. The van der Waals surface area contributed by atoms with Crippen LogP contribution in [0.5, 0.6) is 0 Å². The normalized spacial score (nSPS) is 21.0. The van der Waals surface area contributed by atoms with Gasteiger partial charge in [0.2, 0.25) is 25.9 Å². The standard InChI is InChI=1S/C15H24FN9O5S2/c16-9-7-25(4-3-10(9)18)11-1-2-12(32(29,30)20-6-8(26)5-17)14(31(19,27)28)13(11)15-21-23-24-22-15/h1-2,8-10,20,26H,3-7,17-18H2,(H2,19,27,28)(H,21,22,23,24)/t8-,9-,10-/m1/s1. The van der Waals surface area contributed by atoms with E-state index in [1.54, 1.807) is 0 Å². The fourth-order valence-corrected chi connectivity index (χ4v) is 5.97. The fourth-order valence-electron chi connectivity index (χ4n) is 3.30. The molecule has 0 bridgehead atoms. The highest BCUT2D eigenvalue weighted by Gasteiger charge is 2.35. The van der Waals surface area contributed by atoms with E-state index in [4.69, 9.17) is 16.6 Å². The average molecular weight is 494 g/mol. The first-order chi connectivity index (χ1) is 15.0. The summed E-state index contributed by atoms with van der Waals surface area (Å²) in [4.78, 5) is 0.0193. The van der Waals surface area contributed by atoms with Gasteiger partial charge in [0.1, 0.15) is 16.0 Å². The van der Waals surface area contributed by atoms with Crippen LogP contribution in [0.25, 0.3) is 11.4 Å². The molecule has 1 aliphatic heterocycles. The Kier molecular flexibility index (Phi) is 7.08. The Labute approximate surface area is 183 Å². The van der Waals surface area contributed by atoms with E-state index in [1.165, 1.54) is 11.0 Å². The van der Waals surface area contributed by atoms with Crippen LogP contribution in [0, 0.1) is 0 Å². The number of benzene rings is 1. The van der Waals surface area contributed by atoms with Crippen molar-refractivity contribution in [3.05, 3.63) is 12.1 Å². The van der Waals surface area contributed by atoms with Gasteiger partial charge in [0.15, 0.2) is 0 Å². The molecule has 0 unspecified atom stereocenters. The van der Waals surface area contributed by atoms with E-state index in [1.807, 2.05) is 0 Å². The highest BCUT2D eigenvalue weighted by Crippen LogP contribution is 2.39. The number of nitrogens with one attached hydrogen (secondary N) is 2. The minimum absolute atomic E-state index is 0.144. The van der Waals surface area contributed by atoms with Crippen LogP contribution in [0.2, 0.25) is 0 Å². The molecule has 1 aliphatic rings. The molecule has 1 aromatic carbocycles. The summed E-state index contributed by atoms with van der Waals surface area (Å²) in [6.45, 7) is -0.582. The Morgan fingerprint density at radius 3 is 2.62 bits per heavy atom. The molecule has 14 nitrogen and oxygen atoms in total. The van der Waals surface area contributed by atoms with Gasteiger partial charge in [-0.1, -0.05) is 0 Å². The molecule has 0 saturated carbocycles. The first-order valence-electron chi connectivity index (χ1n) is 9.41. The molecule has 0 spiro atoms.